The van der Waals surface area contributed by atoms with Gasteiger partial charge in [0.05, 0.1) is 11.1 Å². The van der Waals surface area contributed by atoms with Crippen LogP contribution in [0.25, 0.3) is 0 Å². The SMILES string of the molecule is O=C1CCC(N2C(=O)c3ccc(N4CCN(CC5CCCNC5)CC4)cc3C2=O)C(=O)N1. The van der Waals surface area contributed by atoms with Gasteiger partial charge in [0.15, 0.2) is 0 Å². The molecule has 4 heterocycles. The summed E-state index contributed by atoms with van der Waals surface area (Å²) in [4.78, 5) is 55.4. The van der Waals surface area contributed by atoms with Gasteiger partial charge in [-0.25, -0.2) is 0 Å². The number of nitrogens with one attached hydrogen (secondary N) is 2. The van der Waals surface area contributed by atoms with Crippen molar-refractivity contribution in [3.8, 4) is 0 Å². The maximum Gasteiger partial charge on any atom is 0.262 e. The van der Waals surface area contributed by atoms with Crippen molar-refractivity contribution >= 4 is 29.3 Å². The quantitative estimate of drug-likeness (QED) is 0.647. The average Bonchev–Trinajstić information content (AvgIpc) is 3.05. The van der Waals surface area contributed by atoms with Crippen LogP contribution in [0.4, 0.5) is 5.69 Å². The first-order valence-electron chi connectivity index (χ1n) is 11.5. The molecule has 9 heteroatoms. The largest absolute Gasteiger partial charge is 0.369 e. The van der Waals surface area contributed by atoms with E-state index in [0.29, 0.717) is 11.1 Å². The number of piperazine rings is 1. The molecular weight excluding hydrogens is 410 g/mol. The number of piperidine rings is 2. The van der Waals surface area contributed by atoms with Gasteiger partial charge in [-0.1, -0.05) is 0 Å². The lowest BCUT2D eigenvalue weighted by Crippen LogP contribution is -2.54. The topological polar surface area (TPSA) is 102 Å². The average molecular weight is 440 g/mol. The molecule has 1 aromatic rings. The predicted octanol–water partition coefficient (Wildman–Crippen LogP) is 0.209. The van der Waals surface area contributed by atoms with Crippen molar-refractivity contribution in [2.45, 2.75) is 31.7 Å². The Morgan fingerprint density at radius 1 is 0.938 bits per heavy atom. The van der Waals surface area contributed by atoms with Crippen molar-refractivity contribution in [2.75, 3.05) is 50.7 Å². The minimum Gasteiger partial charge on any atom is -0.369 e. The van der Waals surface area contributed by atoms with Gasteiger partial charge in [0.25, 0.3) is 11.8 Å². The zero-order valence-corrected chi connectivity index (χ0v) is 18.1. The number of hydrogen-bond donors (Lipinski definition) is 2. The Labute approximate surface area is 187 Å². The first-order chi connectivity index (χ1) is 15.5. The third-order valence-corrected chi connectivity index (χ3v) is 7.08. The van der Waals surface area contributed by atoms with Crippen LogP contribution in [0.5, 0.6) is 0 Å². The summed E-state index contributed by atoms with van der Waals surface area (Å²) in [6, 6.07) is 4.43. The molecule has 0 radical (unpaired) electrons. The van der Waals surface area contributed by atoms with Gasteiger partial charge in [0.2, 0.25) is 11.8 Å². The fourth-order valence-electron chi connectivity index (χ4n) is 5.29. The molecule has 0 aliphatic carbocycles. The van der Waals surface area contributed by atoms with Crippen LogP contribution in [0.15, 0.2) is 18.2 Å². The molecule has 2 N–H and O–H groups in total. The lowest BCUT2D eigenvalue weighted by molar-refractivity contribution is -0.136. The van der Waals surface area contributed by atoms with Gasteiger partial charge in [-0.05, 0) is 56.5 Å². The minimum absolute atomic E-state index is 0.121. The van der Waals surface area contributed by atoms with E-state index in [1.165, 1.54) is 12.8 Å². The maximum absolute atomic E-state index is 13.0. The van der Waals surface area contributed by atoms with Crippen molar-refractivity contribution in [3.63, 3.8) is 0 Å². The van der Waals surface area contributed by atoms with Gasteiger partial charge in [0.1, 0.15) is 6.04 Å². The van der Waals surface area contributed by atoms with Crippen LogP contribution in [0.3, 0.4) is 0 Å². The summed E-state index contributed by atoms with van der Waals surface area (Å²) < 4.78 is 0. The number of rotatable bonds is 4. The molecule has 3 fully saturated rings. The summed E-state index contributed by atoms with van der Waals surface area (Å²) >= 11 is 0. The van der Waals surface area contributed by atoms with Crippen molar-refractivity contribution in [1.29, 1.82) is 0 Å². The fourth-order valence-corrected chi connectivity index (χ4v) is 5.29. The predicted molar refractivity (Wildman–Crippen MR) is 117 cm³/mol. The Morgan fingerprint density at radius 3 is 2.44 bits per heavy atom. The number of carbonyl (C=O) groups is 4. The molecule has 4 aliphatic heterocycles. The van der Waals surface area contributed by atoms with Crippen molar-refractivity contribution in [1.82, 2.24) is 20.4 Å². The molecule has 4 amide bonds. The zero-order valence-electron chi connectivity index (χ0n) is 18.1. The van der Waals surface area contributed by atoms with Crippen molar-refractivity contribution in [2.24, 2.45) is 5.92 Å². The molecule has 0 spiro atoms. The molecule has 0 saturated carbocycles. The summed E-state index contributed by atoms with van der Waals surface area (Å²) in [5.74, 6) is -1.15. The summed E-state index contributed by atoms with van der Waals surface area (Å²) in [7, 11) is 0. The van der Waals surface area contributed by atoms with E-state index in [1.807, 2.05) is 6.07 Å². The lowest BCUT2D eigenvalue weighted by atomic mass is 9.99. The van der Waals surface area contributed by atoms with E-state index >= 15 is 0 Å². The molecule has 0 bridgehead atoms. The molecule has 5 rings (SSSR count). The second kappa shape index (κ2) is 8.63. The second-order valence-electron chi connectivity index (χ2n) is 9.18. The normalized spacial score (nSPS) is 27.0. The molecule has 1 aromatic carbocycles. The molecule has 9 nitrogen and oxygen atoms in total. The number of hydrogen-bond acceptors (Lipinski definition) is 7. The van der Waals surface area contributed by atoms with E-state index in [1.54, 1.807) is 12.1 Å². The summed E-state index contributed by atoms with van der Waals surface area (Å²) in [5.41, 5.74) is 1.59. The van der Waals surface area contributed by atoms with Crippen LogP contribution in [0, 0.1) is 5.92 Å². The molecular formula is C23H29N5O4. The van der Waals surface area contributed by atoms with E-state index in [2.05, 4.69) is 20.4 Å². The van der Waals surface area contributed by atoms with Gasteiger partial charge in [-0.2, -0.15) is 0 Å². The highest BCUT2D eigenvalue weighted by Gasteiger charge is 2.44. The number of fused-ring (bicyclic) bond motifs is 1. The van der Waals surface area contributed by atoms with E-state index in [0.717, 1.165) is 62.3 Å². The number of imide groups is 2. The number of nitrogens with zero attached hydrogens (tertiary/aromatic N) is 3. The van der Waals surface area contributed by atoms with Crippen LogP contribution >= 0.6 is 0 Å². The Hall–Kier alpha value is -2.78. The van der Waals surface area contributed by atoms with Crippen LogP contribution < -0.4 is 15.5 Å². The number of anilines is 1. The molecule has 3 saturated heterocycles. The first kappa shape index (κ1) is 21.1. The highest BCUT2D eigenvalue weighted by atomic mass is 16.2. The van der Waals surface area contributed by atoms with Crippen LogP contribution in [-0.4, -0.2) is 85.3 Å². The van der Waals surface area contributed by atoms with Gasteiger partial charge in [-0.15, -0.1) is 0 Å². The number of carbonyl (C=O) groups excluding carboxylic acids is 4. The summed E-state index contributed by atoms with van der Waals surface area (Å²) in [6.45, 7) is 7.05. The fraction of sp³-hybridized carbons (Fsp3) is 0.565. The van der Waals surface area contributed by atoms with Crippen LogP contribution in [-0.2, 0) is 9.59 Å². The first-order valence-corrected chi connectivity index (χ1v) is 11.5. The number of amides is 4. The molecule has 32 heavy (non-hydrogen) atoms. The Bertz CT molecular complexity index is 950. The molecule has 4 aliphatic rings. The molecule has 2 atom stereocenters. The van der Waals surface area contributed by atoms with Crippen LogP contribution in [0.1, 0.15) is 46.4 Å². The molecule has 170 valence electrons. The third kappa shape index (κ3) is 3.91. The smallest absolute Gasteiger partial charge is 0.262 e. The highest BCUT2D eigenvalue weighted by Crippen LogP contribution is 2.31. The van der Waals surface area contributed by atoms with Gasteiger partial charge in [-0.3, -0.25) is 34.3 Å². The van der Waals surface area contributed by atoms with E-state index in [9.17, 15) is 19.2 Å². The van der Waals surface area contributed by atoms with Crippen molar-refractivity contribution < 1.29 is 19.2 Å². The van der Waals surface area contributed by atoms with E-state index in [-0.39, 0.29) is 18.7 Å². The molecule has 2 unspecified atom stereocenters. The maximum atomic E-state index is 13.0. The van der Waals surface area contributed by atoms with Gasteiger partial charge >= 0.3 is 0 Å². The number of benzene rings is 1. The monoisotopic (exact) mass is 439 g/mol. The Morgan fingerprint density at radius 2 is 1.72 bits per heavy atom. The molecule has 0 aromatic heterocycles. The van der Waals surface area contributed by atoms with Gasteiger partial charge in [0, 0.05) is 44.8 Å². The Kier molecular flexibility index (Phi) is 5.69. The Balaban J connectivity index is 1.25. The zero-order chi connectivity index (χ0) is 22.2. The van der Waals surface area contributed by atoms with Gasteiger partial charge < -0.3 is 10.2 Å². The van der Waals surface area contributed by atoms with E-state index < -0.39 is 23.8 Å². The second-order valence-corrected chi connectivity index (χ2v) is 9.18. The summed E-state index contributed by atoms with van der Waals surface area (Å²) in [5, 5.41) is 5.71. The third-order valence-electron chi connectivity index (χ3n) is 7.08. The lowest BCUT2D eigenvalue weighted by Gasteiger charge is -2.38. The highest BCUT2D eigenvalue weighted by molar-refractivity contribution is 6.23. The standard InChI is InChI=1S/C23H29N5O4/c29-20-6-5-19(21(30)25-20)28-22(31)17-4-3-16(12-18(17)23(28)32)27-10-8-26(9-11-27)14-15-2-1-7-24-13-15/h3-4,12,15,19,24H,1-2,5-11,13-14H2,(H,25,29,30). The van der Waals surface area contributed by atoms with Crippen LogP contribution in [0.2, 0.25) is 0 Å². The summed E-state index contributed by atoms with van der Waals surface area (Å²) in [6.07, 6.45) is 2.83. The van der Waals surface area contributed by atoms with Crippen molar-refractivity contribution in [3.05, 3.63) is 29.3 Å². The minimum atomic E-state index is -0.929. The van der Waals surface area contributed by atoms with E-state index in [4.69, 9.17) is 0 Å².